The Kier molecular flexibility index (Phi) is 6.55. The normalized spacial score (nSPS) is 11.9. The van der Waals surface area contributed by atoms with Crippen molar-refractivity contribution in [1.29, 1.82) is 0 Å². The average Bonchev–Trinajstić information content (AvgIpc) is 2.97. The first-order valence-corrected chi connectivity index (χ1v) is 8.29. The maximum atomic E-state index is 13.0. The summed E-state index contributed by atoms with van der Waals surface area (Å²) in [6, 6.07) is 6.67. The second kappa shape index (κ2) is 8.00. The number of aromatic nitrogens is 2. The highest BCUT2D eigenvalue weighted by atomic mass is 32.2. The lowest BCUT2D eigenvalue weighted by atomic mass is 10.1. The van der Waals surface area contributed by atoms with E-state index < -0.39 is 22.1 Å². The molecular weight excluding hydrogens is 348 g/mol. The maximum absolute atomic E-state index is 13.0. The van der Waals surface area contributed by atoms with Gasteiger partial charge in [0.25, 0.3) is 6.43 Å². The molecule has 25 heavy (non-hydrogen) atoms. The van der Waals surface area contributed by atoms with Crippen molar-refractivity contribution >= 4 is 15.6 Å². The lowest BCUT2D eigenvalue weighted by molar-refractivity contribution is 0.145. The maximum Gasteiger partial charge on any atom is 0.282 e. The number of nitrogens with two attached hydrogens (primary N) is 1. The van der Waals surface area contributed by atoms with E-state index in [4.69, 9.17) is 5.14 Å². The first-order valence-electron chi connectivity index (χ1n) is 6.74. The third-order valence-electron chi connectivity index (χ3n) is 3.17. The van der Waals surface area contributed by atoms with Gasteiger partial charge in [-0.3, -0.25) is 0 Å². The molecule has 0 radical (unpaired) electrons. The summed E-state index contributed by atoms with van der Waals surface area (Å²) < 4.78 is 49.9. The molecule has 0 aliphatic heterocycles. The first-order chi connectivity index (χ1) is 11.3. The van der Waals surface area contributed by atoms with Crippen molar-refractivity contribution in [2.75, 3.05) is 0 Å². The van der Waals surface area contributed by atoms with Gasteiger partial charge in [-0.05, 0) is 35.9 Å². The van der Waals surface area contributed by atoms with E-state index in [9.17, 15) is 17.2 Å². The monoisotopic (exact) mass is 367 g/mol. The van der Waals surface area contributed by atoms with Crippen LogP contribution in [0.3, 0.4) is 0 Å². The molecule has 1 heterocycles. The van der Waals surface area contributed by atoms with E-state index in [1.54, 1.807) is 6.08 Å². The number of nitrogens with zero attached hydrogens (tertiary/aromatic N) is 2. The Morgan fingerprint density at radius 3 is 2.28 bits per heavy atom. The van der Waals surface area contributed by atoms with Gasteiger partial charge in [-0.25, -0.2) is 27.0 Å². The van der Waals surface area contributed by atoms with E-state index in [0.717, 1.165) is 0 Å². The molecule has 2 rings (SSSR count). The summed E-state index contributed by atoms with van der Waals surface area (Å²) in [6.07, 6.45) is 1.85. The Bertz CT molecular complexity index is 898. The van der Waals surface area contributed by atoms with Crippen LogP contribution in [0.2, 0.25) is 0 Å². The summed E-state index contributed by atoms with van der Waals surface area (Å²) in [5.41, 5.74) is 0.918. The Balaban J connectivity index is 0.00000312. The smallest absolute Gasteiger partial charge is 0.233 e. The summed E-state index contributed by atoms with van der Waals surface area (Å²) in [5.74, 6) is 0. The van der Waals surface area contributed by atoms with Gasteiger partial charge in [0, 0.05) is 0 Å². The Labute approximate surface area is 145 Å². The number of rotatable bonds is 6. The largest absolute Gasteiger partial charge is 0.282 e. The number of sulfonamides is 1. The molecule has 0 saturated carbocycles. The average molecular weight is 367 g/mol. The van der Waals surface area contributed by atoms with Gasteiger partial charge < -0.3 is 0 Å². The fourth-order valence-electron chi connectivity index (χ4n) is 2.07. The topological polar surface area (TPSA) is 78.0 Å². The Morgan fingerprint density at radius 2 is 1.84 bits per heavy atom. The number of hydrogen-bond acceptors (Lipinski definition) is 3. The molecule has 5 nitrogen and oxygen atoms in total. The molecule has 0 aliphatic rings. The van der Waals surface area contributed by atoms with Crippen LogP contribution in [0.5, 0.6) is 0 Å². The van der Waals surface area contributed by atoms with Crippen molar-refractivity contribution in [1.82, 2.24) is 9.78 Å². The summed E-state index contributed by atoms with van der Waals surface area (Å²) in [5, 5.41) is 8.93. The Morgan fingerprint density at radius 1 is 1.24 bits per heavy atom. The van der Waals surface area contributed by atoms with Crippen LogP contribution in [0.25, 0.3) is 11.3 Å². The highest BCUT2D eigenvalue weighted by Gasteiger charge is 2.18. The fourth-order valence-corrected chi connectivity index (χ4v) is 2.59. The minimum absolute atomic E-state index is 0. The third kappa shape index (κ3) is 4.49. The zero-order valence-corrected chi connectivity index (χ0v) is 13.4. The minimum atomic E-state index is -3.84. The molecule has 1 aromatic carbocycles. The van der Waals surface area contributed by atoms with Gasteiger partial charge in [-0.2, -0.15) is 5.10 Å². The van der Waals surface area contributed by atoms with Crippen molar-refractivity contribution in [2.24, 2.45) is 5.14 Å². The van der Waals surface area contributed by atoms with Gasteiger partial charge in [0.1, 0.15) is 5.69 Å². The van der Waals surface area contributed by atoms with E-state index in [1.807, 2.05) is 0 Å². The van der Waals surface area contributed by atoms with Gasteiger partial charge in [-0.1, -0.05) is 38.8 Å². The second-order valence-corrected chi connectivity index (χ2v) is 6.33. The lowest BCUT2D eigenvalue weighted by Gasteiger charge is -2.08. The SMILES string of the molecule is C.C=C/C=C(\C=C)c1cc(C(F)F)nn1-c1ccc(S(N)(=O)=O)cc1. The van der Waals surface area contributed by atoms with Gasteiger partial charge in [0.15, 0.2) is 0 Å². The third-order valence-corrected chi connectivity index (χ3v) is 4.10. The minimum Gasteiger partial charge on any atom is -0.233 e. The van der Waals surface area contributed by atoms with E-state index in [1.165, 1.54) is 47.2 Å². The van der Waals surface area contributed by atoms with Crippen LogP contribution in [0, 0.1) is 0 Å². The van der Waals surface area contributed by atoms with Crippen LogP contribution in [-0.2, 0) is 10.0 Å². The summed E-state index contributed by atoms with van der Waals surface area (Å²) >= 11 is 0. The first kappa shape index (κ1) is 20.5. The van der Waals surface area contributed by atoms with Gasteiger partial charge in [-0.15, -0.1) is 0 Å². The molecule has 0 atom stereocenters. The number of primary sulfonamides is 1. The van der Waals surface area contributed by atoms with Crippen molar-refractivity contribution < 1.29 is 17.2 Å². The van der Waals surface area contributed by atoms with Gasteiger partial charge >= 0.3 is 0 Å². The quantitative estimate of drug-likeness (QED) is 0.788. The number of hydrogen-bond donors (Lipinski definition) is 1. The predicted octanol–water partition coefficient (Wildman–Crippen LogP) is 3.85. The molecule has 134 valence electrons. The Hall–Kier alpha value is -2.58. The van der Waals surface area contributed by atoms with E-state index in [0.29, 0.717) is 17.0 Å². The van der Waals surface area contributed by atoms with Gasteiger partial charge in [0.05, 0.1) is 16.3 Å². The molecular formula is C17H19F2N3O2S. The van der Waals surface area contributed by atoms with Crippen molar-refractivity contribution in [3.8, 4) is 5.69 Å². The molecule has 0 amide bonds. The van der Waals surface area contributed by atoms with Crippen molar-refractivity contribution in [3.63, 3.8) is 0 Å². The summed E-state index contributed by atoms with van der Waals surface area (Å²) in [4.78, 5) is -0.0837. The summed E-state index contributed by atoms with van der Waals surface area (Å²) in [7, 11) is -3.84. The van der Waals surface area contributed by atoms with Crippen LogP contribution < -0.4 is 5.14 Å². The molecule has 2 aromatic rings. The van der Waals surface area contributed by atoms with Crippen LogP contribution in [0.4, 0.5) is 8.78 Å². The molecule has 0 unspecified atom stereocenters. The second-order valence-electron chi connectivity index (χ2n) is 4.77. The fraction of sp³-hybridized carbons (Fsp3) is 0.118. The highest BCUT2D eigenvalue weighted by molar-refractivity contribution is 7.89. The van der Waals surface area contributed by atoms with Crippen LogP contribution in [0.15, 0.2) is 66.6 Å². The molecule has 0 bridgehead atoms. The van der Waals surface area contributed by atoms with Crippen molar-refractivity contribution in [2.45, 2.75) is 18.7 Å². The number of alkyl halides is 2. The standard InChI is InChI=1S/C16H15F2N3O2S.CH4/c1-3-5-11(4-2)15-10-14(16(17)18)20-21(15)12-6-8-13(9-7-12)24(19,22)23;/h3-10,16H,1-2H2,(H2,19,22,23);1H4/b11-5+;. The van der Waals surface area contributed by atoms with Crippen molar-refractivity contribution in [3.05, 3.63) is 73.1 Å². The lowest BCUT2D eigenvalue weighted by Crippen LogP contribution is -2.12. The van der Waals surface area contributed by atoms with Gasteiger partial charge in [0.2, 0.25) is 10.0 Å². The predicted molar refractivity (Wildman–Crippen MR) is 95.0 cm³/mol. The molecule has 0 fully saturated rings. The molecule has 0 aliphatic carbocycles. The number of allylic oxidation sites excluding steroid dienone is 4. The number of benzene rings is 1. The molecule has 1 aromatic heterocycles. The van der Waals surface area contributed by atoms with Crippen LogP contribution in [-0.4, -0.2) is 18.2 Å². The molecule has 0 saturated heterocycles. The molecule has 0 spiro atoms. The van der Waals surface area contributed by atoms with Crippen LogP contribution in [0.1, 0.15) is 25.2 Å². The number of halogens is 2. The molecule has 2 N–H and O–H groups in total. The van der Waals surface area contributed by atoms with E-state index in [-0.39, 0.29) is 12.3 Å². The van der Waals surface area contributed by atoms with E-state index in [2.05, 4.69) is 18.3 Å². The zero-order valence-electron chi connectivity index (χ0n) is 12.6. The zero-order chi connectivity index (χ0) is 17.9. The summed E-state index contributed by atoms with van der Waals surface area (Å²) in [6.45, 7) is 7.23. The molecule has 8 heteroatoms. The van der Waals surface area contributed by atoms with E-state index >= 15 is 0 Å². The van der Waals surface area contributed by atoms with Crippen LogP contribution >= 0.6 is 0 Å². The highest BCUT2D eigenvalue weighted by Crippen LogP contribution is 2.26.